The quantitative estimate of drug-likeness (QED) is 0.167. The number of hydrogen-bond acceptors (Lipinski definition) is 5. The minimum Gasteiger partial charge on any atom is -0.344 e. The molecule has 62 heavy (non-hydrogen) atoms. The van der Waals surface area contributed by atoms with Gasteiger partial charge in [-0.1, -0.05) is 158 Å². The van der Waals surface area contributed by atoms with Gasteiger partial charge in [-0.05, 0) is 109 Å². The first-order valence-electron chi connectivity index (χ1n) is 20.9. The Labute approximate surface area is 360 Å². The molecular weight excluding hydrogens is 755 g/mol. The molecule has 0 radical (unpaired) electrons. The smallest absolute Gasteiger partial charge is 0.159 e. The average Bonchev–Trinajstić information content (AvgIpc) is 3.36. The van der Waals surface area contributed by atoms with Gasteiger partial charge in [0.15, 0.2) is 5.84 Å². The number of aromatic nitrogens is 2. The molecule has 0 spiro atoms. The predicted molar refractivity (Wildman–Crippen MR) is 256 cm³/mol. The van der Waals surface area contributed by atoms with Crippen LogP contribution < -0.4 is 5.32 Å². The van der Waals surface area contributed by atoms with E-state index in [2.05, 4.69) is 185 Å². The third-order valence-corrected chi connectivity index (χ3v) is 11.7. The molecule has 0 amide bonds. The van der Waals surface area contributed by atoms with Crippen molar-refractivity contribution >= 4 is 33.2 Å². The number of pyridine rings is 2. The monoisotopic (exact) mass is 793 g/mol. The number of benzene rings is 8. The molecule has 1 N–H and O–H groups in total. The van der Waals surface area contributed by atoms with Crippen molar-refractivity contribution in [3.8, 4) is 55.6 Å². The molecule has 0 aliphatic carbocycles. The Morgan fingerprint density at radius 2 is 0.806 bits per heavy atom. The number of rotatable bonds is 8. The number of hydrogen-bond donors (Lipinski definition) is 1. The van der Waals surface area contributed by atoms with Crippen molar-refractivity contribution in [3.63, 3.8) is 0 Å². The summed E-state index contributed by atoms with van der Waals surface area (Å²) in [6.45, 7) is 0. The molecule has 8 aromatic carbocycles. The fourth-order valence-corrected chi connectivity index (χ4v) is 8.43. The maximum atomic E-state index is 5.27. The van der Waals surface area contributed by atoms with Gasteiger partial charge in [-0.25, -0.2) is 9.98 Å². The summed E-state index contributed by atoms with van der Waals surface area (Å²) in [6.07, 6.45) is 7.14. The van der Waals surface area contributed by atoms with Crippen molar-refractivity contribution < 1.29 is 0 Å². The van der Waals surface area contributed by atoms with E-state index in [9.17, 15) is 0 Å². The molecule has 1 unspecified atom stereocenters. The summed E-state index contributed by atoms with van der Waals surface area (Å²) in [7, 11) is 0. The van der Waals surface area contributed by atoms with Crippen LogP contribution in [0, 0.1) is 0 Å². The molecule has 1 atom stereocenters. The number of nitrogens with zero attached hydrogens (tertiary/aromatic N) is 4. The number of aliphatic imine (C=N–C) groups is 2. The molecule has 1 aliphatic heterocycles. The zero-order chi connectivity index (χ0) is 41.2. The van der Waals surface area contributed by atoms with Gasteiger partial charge < -0.3 is 5.32 Å². The van der Waals surface area contributed by atoms with Gasteiger partial charge in [0.2, 0.25) is 0 Å². The fraction of sp³-hybridized carbons (Fsp3) is 0.0175. The summed E-state index contributed by atoms with van der Waals surface area (Å²) in [4.78, 5) is 19.2. The number of fused-ring (bicyclic) bond motifs is 2. The summed E-state index contributed by atoms with van der Waals surface area (Å²) < 4.78 is 0. The lowest BCUT2D eigenvalue weighted by molar-refractivity contribution is 0.676. The van der Waals surface area contributed by atoms with Crippen molar-refractivity contribution in [2.24, 2.45) is 9.98 Å². The van der Waals surface area contributed by atoms with Crippen LogP contribution in [0.5, 0.6) is 0 Å². The van der Waals surface area contributed by atoms with Crippen LogP contribution in [-0.4, -0.2) is 21.6 Å². The molecule has 10 aromatic rings. The Morgan fingerprint density at radius 1 is 0.339 bits per heavy atom. The molecule has 3 heterocycles. The van der Waals surface area contributed by atoms with E-state index in [-0.39, 0.29) is 6.17 Å². The molecule has 0 bridgehead atoms. The van der Waals surface area contributed by atoms with Crippen LogP contribution in [0.4, 0.5) is 0 Å². The van der Waals surface area contributed by atoms with Crippen LogP contribution in [0.1, 0.15) is 22.9 Å². The Hall–Kier alpha value is -8.28. The van der Waals surface area contributed by atoms with E-state index in [0.29, 0.717) is 5.84 Å². The second-order valence-corrected chi connectivity index (χ2v) is 15.6. The van der Waals surface area contributed by atoms with E-state index in [4.69, 9.17) is 9.98 Å². The number of nitrogens with one attached hydrogen (secondary N) is 1. The first kappa shape index (κ1) is 36.8. The highest BCUT2D eigenvalue weighted by Gasteiger charge is 2.24. The second-order valence-electron chi connectivity index (χ2n) is 15.6. The van der Waals surface area contributed by atoms with E-state index in [1.165, 1.54) is 10.8 Å². The zero-order valence-electron chi connectivity index (χ0n) is 33.7. The van der Waals surface area contributed by atoms with Gasteiger partial charge >= 0.3 is 0 Å². The van der Waals surface area contributed by atoms with E-state index < -0.39 is 0 Å². The summed E-state index contributed by atoms with van der Waals surface area (Å²) in [5.41, 5.74) is 14.3. The molecule has 5 nitrogen and oxygen atoms in total. The van der Waals surface area contributed by atoms with Gasteiger partial charge in [0.05, 0.1) is 0 Å². The summed E-state index contributed by atoms with van der Waals surface area (Å²) in [5, 5.41) is 8.40. The minimum atomic E-state index is -0.380. The maximum absolute atomic E-state index is 5.27. The highest BCUT2D eigenvalue weighted by Crippen LogP contribution is 2.35. The van der Waals surface area contributed by atoms with Gasteiger partial charge in [-0.15, -0.1) is 0 Å². The van der Waals surface area contributed by atoms with Crippen molar-refractivity contribution in [2.45, 2.75) is 6.17 Å². The standard InChI is InChI=1S/C57H39N5/c1-3-9-44(10-4-1)53-13-7-8-14-54(53)57-61-55(45-11-5-2-6-12-45)60-56(62-57)50-34-48(40-19-15-38(16-20-40)46-25-23-42-27-29-58-36-51(42)31-46)33-49(35-50)41-21-17-39(18-22-41)47-26-24-43-28-30-59-37-52(43)32-47/h1-37,57H,(H,60,61,62). The average molecular weight is 794 g/mol. The van der Waals surface area contributed by atoms with Crippen LogP contribution in [0.3, 0.4) is 0 Å². The molecule has 2 aromatic heterocycles. The lowest BCUT2D eigenvalue weighted by Gasteiger charge is -2.26. The zero-order valence-corrected chi connectivity index (χ0v) is 33.7. The first-order valence-corrected chi connectivity index (χ1v) is 20.9. The van der Waals surface area contributed by atoms with Gasteiger partial charge in [-0.3, -0.25) is 9.97 Å². The van der Waals surface area contributed by atoms with Crippen LogP contribution in [0.2, 0.25) is 0 Å². The Morgan fingerprint density at radius 3 is 1.37 bits per heavy atom. The summed E-state index contributed by atoms with van der Waals surface area (Å²) >= 11 is 0. The molecular formula is C57H39N5. The van der Waals surface area contributed by atoms with Crippen LogP contribution in [-0.2, 0) is 0 Å². The Bertz CT molecular complexity index is 3160. The third kappa shape index (κ3) is 7.33. The normalized spacial score (nSPS) is 13.6. The lowest BCUT2D eigenvalue weighted by atomic mass is 9.93. The van der Waals surface area contributed by atoms with Crippen LogP contribution >= 0.6 is 0 Å². The minimum absolute atomic E-state index is 0.380. The van der Waals surface area contributed by atoms with Crippen molar-refractivity contribution in [2.75, 3.05) is 0 Å². The van der Waals surface area contributed by atoms with Crippen molar-refractivity contribution in [1.82, 2.24) is 15.3 Å². The Balaban J connectivity index is 1.02. The maximum Gasteiger partial charge on any atom is 0.159 e. The van der Waals surface area contributed by atoms with Crippen LogP contribution in [0.25, 0.3) is 77.2 Å². The highest BCUT2D eigenvalue weighted by molar-refractivity contribution is 6.14. The lowest BCUT2D eigenvalue weighted by Crippen LogP contribution is -2.34. The first-order chi connectivity index (χ1) is 30.7. The van der Waals surface area contributed by atoms with Crippen molar-refractivity contribution in [1.29, 1.82) is 0 Å². The second kappa shape index (κ2) is 16.1. The third-order valence-electron chi connectivity index (χ3n) is 11.7. The number of amidine groups is 2. The highest BCUT2D eigenvalue weighted by atomic mass is 15.2. The topological polar surface area (TPSA) is 62.5 Å². The van der Waals surface area contributed by atoms with E-state index in [0.717, 1.165) is 88.9 Å². The van der Waals surface area contributed by atoms with E-state index in [1.807, 2.05) is 55.1 Å². The molecule has 5 heteroatoms. The van der Waals surface area contributed by atoms with Crippen molar-refractivity contribution in [3.05, 3.63) is 242 Å². The molecule has 292 valence electrons. The largest absolute Gasteiger partial charge is 0.344 e. The van der Waals surface area contributed by atoms with E-state index in [1.54, 1.807) is 0 Å². The van der Waals surface area contributed by atoms with E-state index >= 15 is 0 Å². The molecule has 0 saturated heterocycles. The molecule has 0 fully saturated rings. The SMILES string of the molecule is c1ccc(C2=NC(c3ccccc3-c3ccccc3)NC(c3cc(-c4ccc(-c5ccc6ccncc6c5)cc4)cc(-c4ccc(-c5ccc6ccncc6c5)cc4)c3)=N2)cc1. The van der Waals surface area contributed by atoms with Gasteiger partial charge in [0.1, 0.15) is 12.0 Å². The predicted octanol–water partition coefficient (Wildman–Crippen LogP) is 13.6. The van der Waals surface area contributed by atoms with Gasteiger partial charge in [-0.2, -0.15) is 0 Å². The fourth-order valence-electron chi connectivity index (χ4n) is 8.43. The van der Waals surface area contributed by atoms with Gasteiger partial charge in [0, 0.05) is 52.3 Å². The Kier molecular flexibility index (Phi) is 9.52. The molecule has 1 aliphatic rings. The summed E-state index contributed by atoms with van der Waals surface area (Å²) in [5.74, 6) is 1.45. The van der Waals surface area contributed by atoms with Crippen LogP contribution in [0.15, 0.2) is 235 Å². The molecule has 0 saturated carbocycles. The molecule has 11 rings (SSSR count). The summed E-state index contributed by atoms with van der Waals surface area (Å²) in [6, 6.07) is 71.0. The van der Waals surface area contributed by atoms with Gasteiger partial charge in [0.25, 0.3) is 0 Å².